The van der Waals surface area contributed by atoms with Crippen LogP contribution in [0.25, 0.3) is 111 Å². The van der Waals surface area contributed by atoms with Crippen LogP contribution in [-0.2, 0) is 0 Å². The molecule has 0 N–H and O–H groups in total. The lowest BCUT2D eigenvalue weighted by molar-refractivity contribution is 1.07. The minimum atomic E-state index is 0.537. The summed E-state index contributed by atoms with van der Waals surface area (Å²) in [7, 11) is 0. The van der Waals surface area contributed by atoms with Gasteiger partial charge in [0.05, 0.1) is 22.1 Å². The minimum absolute atomic E-state index is 0.537. The monoisotopic (exact) mass is 742 g/mol. The molecule has 6 aromatic heterocycles. The fraction of sp³-hybridized carbons (Fsp3) is 0. The predicted molar refractivity (Wildman–Crippen MR) is 231 cm³/mol. The highest BCUT2D eigenvalue weighted by Crippen LogP contribution is 2.42. The third kappa shape index (κ3) is 5.88. The fourth-order valence-electron chi connectivity index (χ4n) is 7.85. The van der Waals surface area contributed by atoms with E-state index in [1.165, 1.54) is 0 Å². The summed E-state index contributed by atoms with van der Waals surface area (Å²) < 4.78 is 0. The van der Waals surface area contributed by atoms with Gasteiger partial charge in [0.25, 0.3) is 0 Å². The summed E-state index contributed by atoms with van der Waals surface area (Å²) in [5.41, 5.74) is 12.0. The van der Waals surface area contributed by atoms with Gasteiger partial charge in [-0.3, -0.25) is 24.9 Å². The van der Waals surface area contributed by atoms with Gasteiger partial charge in [0.15, 0.2) is 17.5 Å². The van der Waals surface area contributed by atoms with E-state index < -0.39 is 0 Å². The van der Waals surface area contributed by atoms with Crippen LogP contribution in [0.5, 0.6) is 0 Å². The Bertz CT molecular complexity index is 3090. The number of rotatable bonds is 6. The molecule has 0 amide bonds. The number of pyridine rings is 5. The number of hydrogen-bond acceptors (Lipinski definition) is 8. The third-order valence-electron chi connectivity index (χ3n) is 10.5. The van der Waals surface area contributed by atoms with Gasteiger partial charge < -0.3 is 0 Å². The zero-order valence-electron chi connectivity index (χ0n) is 30.9. The zero-order chi connectivity index (χ0) is 38.4. The highest BCUT2D eigenvalue weighted by atomic mass is 15.0. The van der Waals surface area contributed by atoms with Crippen molar-refractivity contribution in [1.82, 2.24) is 39.9 Å². The minimum Gasteiger partial charge on any atom is -0.264 e. The average molecular weight is 743 g/mol. The Morgan fingerprint density at radius 2 is 0.776 bits per heavy atom. The van der Waals surface area contributed by atoms with Gasteiger partial charge in [-0.05, 0) is 82.9 Å². The van der Waals surface area contributed by atoms with E-state index in [-0.39, 0.29) is 0 Å². The van der Waals surface area contributed by atoms with Gasteiger partial charge in [-0.25, -0.2) is 15.0 Å². The summed E-state index contributed by atoms with van der Waals surface area (Å²) in [5.74, 6) is 1.68. The van der Waals surface area contributed by atoms with Crippen LogP contribution in [0, 0.1) is 0 Å². The first kappa shape index (κ1) is 33.3. The van der Waals surface area contributed by atoms with Crippen molar-refractivity contribution in [3.05, 3.63) is 183 Å². The van der Waals surface area contributed by atoms with Crippen LogP contribution in [0.15, 0.2) is 183 Å². The number of fused-ring (bicyclic) bond motifs is 4. The van der Waals surface area contributed by atoms with Crippen molar-refractivity contribution in [2.24, 2.45) is 0 Å². The SMILES string of the molecule is c1ccc(-c2nc(-c3ccc(-c4cccnc4)cc3)nc(-c3cc(-c4c5cccnc5cc5cccnc45)cc(-c4c5cccnc5cc5cccnc45)c3)n2)cc1. The second kappa shape index (κ2) is 13.9. The topological polar surface area (TPSA) is 103 Å². The smallest absolute Gasteiger partial charge is 0.164 e. The summed E-state index contributed by atoms with van der Waals surface area (Å²) in [5, 5.41) is 3.99. The second-order valence-corrected chi connectivity index (χ2v) is 14.1. The summed E-state index contributed by atoms with van der Waals surface area (Å²) in [6.45, 7) is 0. The Balaban J connectivity index is 1.21. The van der Waals surface area contributed by atoms with Gasteiger partial charge in [0.1, 0.15) is 0 Å². The maximum atomic E-state index is 5.23. The maximum absolute atomic E-state index is 5.23. The third-order valence-corrected chi connectivity index (χ3v) is 10.5. The zero-order valence-corrected chi connectivity index (χ0v) is 30.9. The average Bonchev–Trinajstić information content (AvgIpc) is 3.30. The van der Waals surface area contributed by atoms with Crippen molar-refractivity contribution < 1.29 is 0 Å². The molecule has 270 valence electrons. The van der Waals surface area contributed by atoms with E-state index in [0.717, 1.165) is 93.7 Å². The second-order valence-electron chi connectivity index (χ2n) is 14.1. The Hall–Kier alpha value is -8.10. The molecule has 0 unspecified atom stereocenters. The molecule has 0 aliphatic rings. The molecule has 8 nitrogen and oxygen atoms in total. The van der Waals surface area contributed by atoms with Gasteiger partial charge in [-0.2, -0.15) is 0 Å². The Morgan fingerprint density at radius 1 is 0.310 bits per heavy atom. The number of benzene rings is 5. The highest BCUT2D eigenvalue weighted by Gasteiger charge is 2.20. The van der Waals surface area contributed by atoms with Gasteiger partial charge in [0.2, 0.25) is 0 Å². The standard InChI is InChI=1S/C50H30N8/c1-2-9-32(10-3-1)48-56-49(33-18-16-31(17-19-33)36-13-4-20-51-30-36)58-50(57-48)39-26-37(44-40-14-7-21-52-42(40)28-34-11-5-23-54-46(34)44)25-38(27-39)45-41-15-8-22-53-43(41)29-35-12-6-24-55-47(35)45/h1-30H. The molecule has 0 radical (unpaired) electrons. The first-order valence-corrected chi connectivity index (χ1v) is 19.0. The van der Waals surface area contributed by atoms with Crippen LogP contribution in [0.1, 0.15) is 0 Å². The summed E-state index contributed by atoms with van der Waals surface area (Å²) in [4.78, 5) is 39.3. The molecule has 0 spiro atoms. The normalized spacial score (nSPS) is 11.4. The molecule has 8 heteroatoms. The van der Waals surface area contributed by atoms with Crippen molar-refractivity contribution >= 4 is 43.6 Å². The van der Waals surface area contributed by atoms with Crippen molar-refractivity contribution in [3.8, 4) is 67.5 Å². The Labute approximate surface area is 332 Å². The lowest BCUT2D eigenvalue weighted by Gasteiger charge is -2.16. The van der Waals surface area contributed by atoms with Gasteiger partial charge in [0, 0.05) is 86.5 Å². The van der Waals surface area contributed by atoms with E-state index >= 15 is 0 Å². The lowest BCUT2D eigenvalue weighted by atomic mass is 9.90. The van der Waals surface area contributed by atoms with Crippen LogP contribution in [0.2, 0.25) is 0 Å². The van der Waals surface area contributed by atoms with Crippen molar-refractivity contribution in [1.29, 1.82) is 0 Å². The molecule has 11 rings (SSSR count). The van der Waals surface area contributed by atoms with E-state index in [2.05, 4.69) is 89.9 Å². The molecule has 0 atom stereocenters. The fourth-order valence-corrected chi connectivity index (χ4v) is 7.85. The first-order valence-electron chi connectivity index (χ1n) is 19.0. The molecule has 0 aliphatic heterocycles. The van der Waals surface area contributed by atoms with Crippen LogP contribution in [0.3, 0.4) is 0 Å². The van der Waals surface area contributed by atoms with Crippen molar-refractivity contribution in [2.75, 3.05) is 0 Å². The molecule has 11 aromatic rings. The molecule has 0 saturated heterocycles. The van der Waals surface area contributed by atoms with E-state index in [4.69, 9.17) is 34.9 Å². The van der Waals surface area contributed by atoms with Crippen molar-refractivity contribution in [3.63, 3.8) is 0 Å². The highest BCUT2D eigenvalue weighted by molar-refractivity contribution is 6.13. The van der Waals surface area contributed by atoms with Crippen LogP contribution < -0.4 is 0 Å². The van der Waals surface area contributed by atoms with Crippen LogP contribution in [0.4, 0.5) is 0 Å². The molecule has 0 bridgehead atoms. The molecule has 0 aliphatic carbocycles. The maximum Gasteiger partial charge on any atom is 0.164 e. The van der Waals surface area contributed by atoms with Gasteiger partial charge >= 0.3 is 0 Å². The molecular weight excluding hydrogens is 713 g/mol. The van der Waals surface area contributed by atoms with E-state index in [9.17, 15) is 0 Å². The largest absolute Gasteiger partial charge is 0.264 e. The van der Waals surface area contributed by atoms with Crippen LogP contribution in [-0.4, -0.2) is 39.9 Å². The van der Waals surface area contributed by atoms with E-state index in [1.807, 2.05) is 91.6 Å². The quantitative estimate of drug-likeness (QED) is 0.155. The molecule has 6 heterocycles. The number of nitrogens with zero attached hydrogens (tertiary/aromatic N) is 8. The Morgan fingerprint density at radius 3 is 1.34 bits per heavy atom. The Kier molecular flexibility index (Phi) is 7.96. The van der Waals surface area contributed by atoms with E-state index in [1.54, 1.807) is 6.20 Å². The predicted octanol–water partition coefficient (Wildman–Crippen LogP) is 11.5. The van der Waals surface area contributed by atoms with Gasteiger partial charge in [-0.1, -0.05) is 84.9 Å². The summed E-state index contributed by atoms with van der Waals surface area (Å²) in [6.07, 6.45) is 11.0. The molecule has 0 saturated carbocycles. The molecular formula is C50H30N8. The number of aromatic nitrogens is 8. The lowest BCUT2D eigenvalue weighted by Crippen LogP contribution is -2.01. The summed E-state index contributed by atoms with van der Waals surface area (Å²) >= 11 is 0. The van der Waals surface area contributed by atoms with Crippen molar-refractivity contribution in [2.45, 2.75) is 0 Å². The number of hydrogen-bond donors (Lipinski definition) is 0. The first-order chi connectivity index (χ1) is 28.7. The molecule has 0 fully saturated rings. The molecule has 5 aromatic carbocycles. The van der Waals surface area contributed by atoms with E-state index in [0.29, 0.717) is 17.5 Å². The molecule has 58 heavy (non-hydrogen) atoms. The van der Waals surface area contributed by atoms with Crippen LogP contribution >= 0.6 is 0 Å². The summed E-state index contributed by atoms with van der Waals surface area (Å²) in [6, 6.07) is 49.3. The van der Waals surface area contributed by atoms with Gasteiger partial charge in [-0.15, -0.1) is 0 Å².